The van der Waals surface area contributed by atoms with Crippen molar-refractivity contribution in [3.8, 4) is 0 Å². The van der Waals surface area contributed by atoms with Crippen LogP contribution in [-0.2, 0) is 0 Å². The van der Waals surface area contributed by atoms with Gasteiger partial charge < -0.3 is 5.11 Å². The lowest BCUT2D eigenvalue weighted by Crippen LogP contribution is -2.05. The normalized spacial score (nSPS) is 18.9. The van der Waals surface area contributed by atoms with Crippen LogP contribution in [0.3, 0.4) is 0 Å². The smallest absolute Gasteiger partial charge is 0.126 e. The first-order valence-corrected chi connectivity index (χ1v) is 6.11. The van der Waals surface area contributed by atoms with E-state index in [1.807, 2.05) is 6.07 Å². The molecule has 16 heavy (non-hydrogen) atoms. The van der Waals surface area contributed by atoms with Gasteiger partial charge in [0.2, 0.25) is 0 Å². The van der Waals surface area contributed by atoms with Gasteiger partial charge in [0, 0.05) is 0 Å². The highest BCUT2D eigenvalue weighted by Gasteiger charge is 2.20. The van der Waals surface area contributed by atoms with E-state index in [0.717, 1.165) is 12.0 Å². The van der Waals surface area contributed by atoms with Crippen molar-refractivity contribution in [1.82, 2.24) is 0 Å². The van der Waals surface area contributed by atoms with E-state index in [1.165, 1.54) is 31.7 Å². The van der Waals surface area contributed by atoms with Gasteiger partial charge in [-0.1, -0.05) is 37.8 Å². The SMILES string of the molecule is Cc1ccc(C(O)CC2CCCC2)cc1F. The van der Waals surface area contributed by atoms with Gasteiger partial charge in [0.15, 0.2) is 0 Å². The van der Waals surface area contributed by atoms with Crippen LogP contribution < -0.4 is 0 Å². The van der Waals surface area contributed by atoms with E-state index in [9.17, 15) is 9.50 Å². The van der Waals surface area contributed by atoms with Crippen molar-refractivity contribution in [2.75, 3.05) is 0 Å². The van der Waals surface area contributed by atoms with Crippen LogP contribution in [0, 0.1) is 18.7 Å². The highest BCUT2D eigenvalue weighted by molar-refractivity contribution is 5.24. The minimum Gasteiger partial charge on any atom is -0.388 e. The van der Waals surface area contributed by atoms with Crippen molar-refractivity contribution in [2.24, 2.45) is 5.92 Å². The molecule has 0 bridgehead atoms. The Balaban J connectivity index is 2.02. The van der Waals surface area contributed by atoms with E-state index in [-0.39, 0.29) is 5.82 Å². The Kier molecular flexibility index (Phi) is 3.59. The molecule has 2 rings (SSSR count). The lowest BCUT2D eigenvalue weighted by Gasteiger charge is -2.16. The molecule has 0 spiro atoms. The Bertz CT molecular complexity index is 356. The number of aryl methyl sites for hydroxylation is 1. The van der Waals surface area contributed by atoms with Crippen molar-refractivity contribution in [1.29, 1.82) is 0 Å². The second kappa shape index (κ2) is 4.96. The van der Waals surface area contributed by atoms with Gasteiger partial charge in [-0.25, -0.2) is 4.39 Å². The van der Waals surface area contributed by atoms with E-state index in [2.05, 4.69) is 0 Å². The average molecular weight is 222 g/mol. The summed E-state index contributed by atoms with van der Waals surface area (Å²) in [5, 5.41) is 10.0. The first-order chi connectivity index (χ1) is 7.66. The summed E-state index contributed by atoms with van der Waals surface area (Å²) in [7, 11) is 0. The predicted octanol–water partition coefficient (Wildman–Crippen LogP) is 3.75. The van der Waals surface area contributed by atoms with Crippen molar-refractivity contribution in [3.05, 3.63) is 35.1 Å². The minimum absolute atomic E-state index is 0.219. The van der Waals surface area contributed by atoms with Crippen LogP contribution in [0.1, 0.15) is 49.3 Å². The molecule has 2 heteroatoms. The number of hydrogen-bond acceptors (Lipinski definition) is 1. The lowest BCUT2D eigenvalue weighted by molar-refractivity contribution is 0.144. The molecule has 0 saturated heterocycles. The Morgan fingerprint density at radius 3 is 2.69 bits per heavy atom. The monoisotopic (exact) mass is 222 g/mol. The van der Waals surface area contributed by atoms with Crippen LogP contribution in [-0.4, -0.2) is 5.11 Å². The molecule has 88 valence electrons. The standard InChI is InChI=1S/C14H19FO/c1-10-6-7-12(9-13(10)15)14(16)8-11-4-2-3-5-11/h6-7,9,11,14,16H,2-5,8H2,1H3. The molecule has 1 saturated carbocycles. The molecular formula is C14H19FO. The highest BCUT2D eigenvalue weighted by atomic mass is 19.1. The first kappa shape index (κ1) is 11.6. The molecule has 0 heterocycles. The van der Waals surface area contributed by atoms with Gasteiger partial charge in [0.1, 0.15) is 5.82 Å². The molecule has 1 N–H and O–H groups in total. The largest absolute Gasteiger partial charge is 0.388 e. The molecule has 0 aromatic heterocycles. The van der Waals surface area contributed by atoms with Crippen LogP contribution in [0.2, 0.25) is 0 Å². The molecule has 1 atom stereocenters. The highest BCUT2D eigenvalue weighted by Crippen LogP contribution is 2.33. The number of hydrogen-bond donors (Lipinski definition) is 1. The summed E-state index contributed by atoms with van der Waals surface area (Å²) in [6, 6.07) is 5.04. The van der Waals surface area contributed by atoms with Crippen LogP contribution in [0.4, 0.5) is 4.39 Å². The Hall–Kier alpha value is -0.890. The van der Waals surface area contributed by atoms with E-state index < -0.39 is 6.10 Å². The number of benzene rings is 1. The van der Waals surface area contributed by atoms with Crippen molar-refractivity contribution in [3.63, 3.8) is 0 Å². The van der Waals surface area contributed by atoms with Crippen molar-refractivity contribution >= 4 is 0 Å². The zero-order valence-electron chi connectivity index (χ0n) is 9.75. The molecule has 1 aromatic rings. The molecule has 1 aromatic carbocycles. The van der Waals surface area contributed by atoms with Gasteiger partial charge in [-0.2, -0.15) is 0 Å². The second-order valence-corrected chi connectivity index (χ2v) is 4.91. The maximum atomic E-state index is 13.3. The molecule has 0 radical (unpaired) electrons. The van der Waals surface area contributed by atoms with Crippen molar-refractivity contribution < 1.29 is 9.50 Å². The summed E-state index contributed by atoms with van der Waals surface area (Å²) in [5.41, 5.74) is 1.35. The zero-order chi connectivity index (χ0) is 11.5. The number of aliphatic hydroxyl groups excluding tert-OH is 1. The van der Waals surface area contributed by atoms with Gasteiger partial charge in [0.05, 0.1) is 6.10 Å². The third-order valence-corrected chi connectivity index (χ3v) is 3.61. The van der Waals surface area contributed by atoms with Crippen LogP contribution in [0.15, 0.2) is 18.2 Å². The predicted molar refractivity (Wildman–Crippen MR) is 62.7 cm³/mol. The first-order valence-electron chi connectivity index (χ1n) is 6.11. The Morgan fingerprint density at radius 2 is 2.06 bits per heavy atom. The molecular weight excluding hydrogens is 203 g/mol. The minimum atomic E-state index is -0.502. The molecule has 1 aliphatic carbocycles. The summed E-state index contributed by atoms with van der Waals surface area (Å²) in [6.45, 7) is 1.74. The molecule has 0 aliphatic heterocycles. The fraction of sp³-hybridized carbons (Fsp3) is 0.571. The quantitative estimate of drug-likeness (QED) is 0.825. The number of halogens is 1. The molecule has 1 aliphatic rings. The summed E-state index contributed by atoms with van der Waals surface area (Å²) in [4.78, 5) is 0. The second-order valence-electron chi connectivity index (χ2n) is 4.91. The fourth-order valence-electron chi connectivity index (χ4n) is 2.51. The maximum absolute atomic E-state index is 13.3. The van der Waals surface area contributed by atoms with Gasteiger partial charge in [-0.15, -0.1) is 0 Å². The van der Waals surface area contributed by atoms with Crippen molar-refractivity contribution in [2.45, 2.75) is 45.1 Å². The summed E-state index contributed by atoms with van der Waals surface area (Å²) < 4.78 is 13.3. The van der Waals surface area contributed by atoms with Crippen LogP contribution >= 0.6 is 0 Å². The van der Waals surface area contributed by atoms with Crippen LogP contribution in [0.25, 0.3) is 0 Å². The Morgan fingerprint density at radius 1 is 1.38 bits per heavy atom. The Labute approximate surface area is 96.3 Å². The molecule has 1 fully saturated rings. The molecule has 0 amide bonds. The van der Waals surface area contributed by atoms with E-state index in [4.69, 9.17) is 0 Å². The average Bonchev–Trinajstić information content (AvgIpc) is 2.74. The van der Waals surface area contributed by atoms with Gasteiger partial charge >= 0.3 is 0 Å². The number of rotatable bonds is 3. The van der Waals surface area contributed by atoms with E-state index in [1.54, 1.807) is 13.0 Å². The summed E-state index contributed by atoms with van der Waals surface area (Å²) in [5.74, 6) is 0.405. The van der Waals surface area contributed by atoms with Gasteiger partial charge in [-0.3, -0.25) is 0 Å². The fourth-order valence-corrected chi connectivity index (χ4v) is 2.51. The third-order valence-electron chi connectivity index (χ3n) is 3.61. The van der Waals surface area contributed by atoms with Crippen LogP contribution in [0.5, 0.6) is 0 Å². The lowest BCUT2D eigenvalue weighted by atomic mass is 9.95. The summed E-state index contributed by atoms with van der Waals surface area (Å²) in [6.07, 6.45) is 5.26. The van der Waals surface area contributed by atoms with Gasteiger partial charge in [0.25, 0.3) is 0 Å². The van der Waals surface area contributed by atoms with Gasteiger partial charge in [-0.05, 0) is 36.5 Å². The van der Waals surface area contributed by atoms with E-state index in [0.29, 0.717) is 11.5 Å². The number of aliphatic hydroxyl groups is 1. The maximum Gasteiger partial charge on any atom is 0.126 e. The summed E-state index contributed by atoms with van der Waals surface area (Å²) >= 11 is 0. The molecule has 1 nitrogen and oxygen atoms in total. The zero-order valence-corrected chi connectivity index (χ0v) is 9.75. The third kappa shape index (κ3) is 2.62. The topological polar surface area (TPSA) is 20.2 Å². The molecule has 1 unspecified atom stereocenters. The van der Waals surface area contributed by atoms with E-state index >= 15 is 0 Å².